The minimum absolute atomic E-state index is 0.266. The topological polar surface area (TPSA) is 65.2 Å². The maximum absolute atomic E-state index is 9.73. The number of hydrogen-bond donors (Lipinski definition) is 2. The Bertz CT molecular complexity index is 806. The van der Waals surface area contributed by atoms with Crippen LogP contribution in [-0.2, 0) is 12.8 Å². The number of benzene rings is 2. The summed E-state index contributed by atoms with van der Waals surface area (Å²) in [5.74, 6) is 0.544. The largest absolute Gasteiger partial charge is 0.508 e. The van der Waals surface area contributed by atoms with Crippen molar-refractivity contribution in [3.63, 3.8) is 0 Å². The van der Waals surface area contributed by atoms with Gasteiger partial charge in [0.1, 0.15) is 11.5 Å². The molecule has 0 fully saturated rings. The van der Waals surface area contributed by atoms with Gasteiger partial charge in [0.15, 0.2) is 0 Å². The highest BCUT2D eigenvalue weighted by molar-refractivity contribution is 5.94. The average molecular weight is 278 g/mol. The van der Waals surface area contributed by atoms with Crippen molar-refractivity contribution in [2.24, 2.45) is 10.2 Å². The Morgan fingerprint density at radius 2 is 1.43 bits per heavy atom. The molecule has 1 aliphatic heterocycles. The molecule has 2 N–H and O–H groups in total. The Morgan fingerprint density at radius 3 is 2.14 bits per heavy atom. The molecule has 0 saturated heterocycles. The highest BCUT2D eigenvalue weighted by Crippen LogP contribution is 2.39. The van der Waals surface area contributed by atoms with Gasteiger partial charge in [-0.3, -0.25) is 0 Å². The first-order valence-corrected chi connectivity index (χ1v) is 6.97. The number of phenolic OH excluding ortho intramolecular Hbond substituents is 2. The maximum atomic E-state index is 9.73. The van der Waals surface area contributed by atoms with Crippen molar-refractivity contribution in [2.75, 3.05) is 6.54 Å². The first-order chi connectivity index (χ1) is 10.2. The fourth-order valence-electron chi connectivity index (χ4n) is 3.11. The molecule has 4 heteroatoms. The van der Waals surface area contributed by atoms with E-state index in [2.05, 4.69) is 10.2 Å². The Hall–Kier alpha value is -2.62. The fourth-order valence-corrected chi connectivity index (χ4v) is 3.11. The Labute approximate surface area is 122 Å². The lowest BCUT2D eigenvalue weighted by Gasteiger charge is -2.18. The van der Waals surface area contributed by atoms with Gasteiger partial charge in [0.25, 0.3) is 0 Å². The minimum atomic E-state index is 0.266. The van der Waals surface area contributed by atoms with Crippen LogP contribution in [0.2, 0.25) is 0 Å². The van der Waals surface area contributed by atoms with Crippen LogP contribution in [-0.4, -0.2) is 16.8 Å². The number of rotatable bonds is 0. The number of azo groups is 1. The second kappa shape index (κ2) is 4.45. The molecule has 0 saturated carbocycles. The predicted molar refractivity (Wildman–Crippen MR) is 80.2 cm³/mol. The fraction of sp³-hybridized carbons (Fsp3) is 0.176. The molecule has 1 aliphatic carbocycles. The van der Waals surface area contributed by atoms with E-state index in [4.69, 9.17) is 0 Å². The number of fused-ring (bicyclic) bond motifs is 4. The van der Waals surface area contributed by atoms with Crippen LogP contribution in [0.3, 0.4) is 0 Å². The van der Waals surface area contributed by atoms with Crippen LogP contribution in [0.5, 0.6) is 11.5 Å². The van der Waals surface area contributed by atoms with Gasteiger partial charge in [-0.2, -0.15) is 10.2 Å². The van der Waals surface area contributed by atoms with Gasteiger partial charge in [-0.25, -0.2) is 0 Å². The van der Waals surface area contributed by atoms with Crippen molar-refractivity contribution in [3.8, 4) is 11.5 Å². The summed E-state index contributed by atoms with van der Waals surface area (Å²) >= 11 is 0. The molecule has 2 aromatic rings. The quantitative estimate of drug-likeness (QED) is 0.774. The van der Waals surface area contributed by atoms with E-state index >= 15 is 0 Å². The zero-order valence-corrected chi connectivity index (χ0v) is 11.4. The summed E-state index contributed by atoms with van der Waals surface area (Å²) in [7, 11) is 0. The molecule has 0 amide bonds. The second-order valence-electron chi connectivity index (χ2n) is 5.41. The van der Waals surface area contributed by atoms with Crippen molar-refractivity contribution < 1.29 is 10.2 Å². The van der Waals surface area contributed by atoms with Crippen molar-refractivity contribution in [1.82, 2.24) is 0 Å². The molecule has 4 nitrogen and oxygen atoms in total. The highest BCUT2D eigenvalue weighted by Gasteiger charge is 2.23. The summed E-state index contributed by atoms with van der Waals surface area (Å²) in [5, 5.41) is 27.9. The highest BCUT2D eigenvalue weighted by atomic mass is 16.3. The molecule has 2 aliphatic rings. The number of phenols is 2. The summed E-state index contributed by atoms with van der Waals surface area (Å²) in [5.41, 5.74) is 6.31. The van der Waals surface area contributed by atoms with Crippen molar-refractivity contribution in [3.05, 3.63) is 58.7 Å². The number of aryl methyl sites for hydroxylation is 2. The summed E-state index contributed by atoms with van der Waals surface area (Å²) in [6, 6.07) is 10.9. The summed E-state index contributed by atoms with van der Waals surface area (Å²) in [6.07, 6.45) is 1.61. The summed E-state index contributed by atoms with van der Waals surface area (Å²) in [6.45, 7) is 0.563. The van der Waals surface area contributed by atoms with Crippen LogP contribution in [0.15, 0.2) is 46.6 Å². The number of nitrogens with zero attached hydrogens (tertiary/aromatic N) is 2. The molecular formula is C17H14N2O2. The molecule has 0 spiro atoms. The molecule has 0 unspecified atom stereocenters. The molecule has 0 radical (unpaired) electrons. The van der Waals surface area contributed by atoms with Crippen LogP contribution in [0.25, 0.3) is 11.3 Å². The van der Waals surface area contributed by atoms with Gasteiger partial charge in [-0.15, -0.1) is 0 Å². The molecule has 21 heavy (non-hydrogen) atoms. The third-order valence-corrected chi connectivity index (χ3v) is 4.11. The zero-order chi connectivity index (χ0) is 14.4. The molecule has 2 aromatic carbocycles. The summed E-state index contributed by atoms with van der Waals surface area (Å²) < 4.78 is 0. The third kappa shape index (κ3) is 1.91. The van der Waals surface area contributed by atoms with E-state index in [0.717, 1.165) is 46.4 Å². The van der Waals surface area contributed by atoms with Gasteiger partial charge in [0.2, 0.25) is 0 Å². The normalized spacial score (nSPS) is 16.0. The Balaban J connectivity index is 1.99. The van der Waals surface area contributed by atoms with Crippen LogP contribution in [0.4, 0.5) is 0 Å². The Kier molecular flexibility index (Phi) is 2.57. The number of hydrogen-bond acceptors (Lipinski definition) is 4. The van der Waals surface area contributed by atoms with Crippen LogP contribution < -0.4 is 0 Å². The smallest absolute Gasteiger partial charge is 0.115 e. The van der Waals surface area contributed by atoms with Gasteiger partial charge in [-0.1, -0.05) is 6.07 Å². The standard InChI is InChI=1S/C17H14N2O2/c20-12-3-5-14-10(7-12)1-2-11-8-13(21)4-6-15(11)17-16(14)9-18-19-17/h3-8,20-21H,1-2,9H2. The minimum Gasteiger partial charge on any atom is -0.508 e. The molecule has 1 heterocycles. The van der Waals surface area contributed by atoms with E-state index in [-0.39, 0.29) is 11.5 Å². The molecule has 104 valence electrons. The van der Waals surface area contributed by atoms with E-state index < -0.39 is 0 Å². The first kappa shape index (κ1) is 12.1. The average Bonchev–Trinajstić information content (AvgIpc) is 2.92. The van der Waals surface area contributed by atoms with Gasteiger partial charge < -0.3 is 10.2 Å². The number of aromatic hydroxyl groups is 2. The van der Waals surface area contributed by atoms with Crippen molar-refractivity contribution in [2.45, 2.75) is 12.8 Å². The second-order valence-corrected chi connectivity index (χ2v) is 5.41. The molecule has 0 bridgehead atoms. The predicted octanol–water partition coefficient (Wildman–Crippen LogP) is 3.53. The monoisotopic (exact) mass is 278 g/mol. The van der Waals surface area contributed by atoms with Gasteiger partial charge in [-0.05, 0) is 59.9 Å². The zero-order valence-electron chi connectivity index (χ0n) is 11.4. The first-order valence-electron chi connectivity index (χ1n) is 6.97. The van der Waals surface area contributed by atoms with Crippen LogP contribution >= 0.6 is 0 Å². The lowest BCUT2D eigenvalue weighted by atomic mass is 9.87. The molecular weight excluding hydrogens is 264 g/mol. The van der Waals surface area contributed by atoms with E-state index in [1.807, 2.05) is 18.2 Å². The van der Waals surface area contributed by atoms with E-state index in [9.17, 15) is 10.2 Å². The molecule has 0 aromatic heterocycles. The maximum Gasteiger partial charge on any atom is 0.115 e. The van der Waals surface area contributed by atoms with Crippen LogP contribution in [0, 0.1) is 0 Å². The van der Waals surface area contributed by atoms with Crippen molar-refractivity contribution in [1.29, 1.82) is 0 Å². The lowest BCUT2D eigenvalue weighted by molar-refractivity contribution is 0.473. The van der Waals surface area contributed by atoms with E-state index in [0.29, 0.717) is 6.54 Å². The third-order valence-electron chi connectivity index (χ3n) is 4.11. The van der Waals surface area contributed by atoms with Gasteiger partial charge in [0.05, 0.1) is 12.2 Å². The van der Waals surface area contributed by atoms with Crippen LogP contribution in [0.1, 0.15) is 22.3 Å². The molecule has 4 rings (SSSR count). The van der Waals surface area contributed by atoms with Gasteiger partial charge in [0, 0.05) is 11.1 Å². The summed E-state index contributed by atoms with van der Waals surface area (Å²) in [4.78, 5) is 0. The SMILES string of the molecule is Oc1ccc2c(c1)CCc1cc(O)ccc1C1=C2CN=N1. The van der Waals surface area contributed by atoms with E-state index in [1.165, 1.54) is 0 Å². The van der Waals surface area contributed by atoms with Crippen molar-refractivity contribution >= 4 is 11.3 Å². The van der Waals surface area contributed by atoms with E-state index in [1.54, 1.807) is 18.2 Å². The molecule has 0 atom stereocenters. The lowest BCUT2D eigenvalue weighted by Crippen LogP contribution is -2.04. The Morgan fingerprint density at radius 1 is 0.810 bits per heavy atom. The van der Waals surface area contributed by atoms with Gasteiger partial charge >= 0.3 is 0 Å².